The molecule has 0 fully saturated rings. The number of carbonyl (C=O) groups is 2. The van der Waals surface area contributed by atoms with Gasteiger partial charge in [-0.3, -0.25) is 9.59 Å². The number of pyridine rings is 1. The lowest BCUT2D eigenvalue weighted by molar-refractivity contribution is -0.137. The van der Waals surface area contributed by atoms with Crippen molar-refractivity contribution < 1.29 is 19.4 Å². The van der Waals surface area contributed by atoms with Gasteiger partial charge in [0, 0.05) is 25.0 Å². The van der Waals surface area contributed by atoms with Crippen molar-refractivity contribution in [3.63, 3.8) is 0 Å². The van der Waals surface area contributed by atoms with Crippen molar-refractivity contribution in [2.24, 2.45) is 0 Å². The summed E-state index contributed by atoms with van der Waals surface area (Å²) in [7, 11) is 1.52. The van der Waals surface area contributed by atoms with Gasteiger partial charge in [0.2, 0.25) is 5.88 Å². The third-order valence-electron chi connectivity index (χ3n) is 2.83. The van der Waals surface area contributed by atoms with E-state index in [9.17, 15) is 9.59 Å². The predicted octanol–water partition coefficient (Wildman–Crippen LogP) is 0.906. The number of nitrogens with one attached hydrogen (secondary N) is 1. The van der Waals surface area contributed by atoms with Crippen LogP contribution >= 0.6 is 0 Å². The van der Waals surface area contributed by atoms with Gasteiger partial charge in [0.15, 0.2) is 0 Å². The number of nitrogens with zero attached hydrogens (tertiary/aromatic N) is 2. The van der Waals surface area contributed by atoms with Gasteiger partial charge in [0.05, 0.1) is 7.11 Å². The van der Waals surface area contributed by atoms with Crippen LogP contribution in [0.2, 0.25) is 0 Å². The highest BCUT2D eigenvalue weighted by Crippen LogP contribution is 2.09. The van der Waals surface area contributed by atoms with E-state index in [2.05, 4.69) is 10.3 Å². The molecule has 0 unspecified atom stereocenters. The molecule has 0 aromatic carbocycles. The average Bonchev–Trinajstić information content (AvgIpc) is 2.92. The second kappa shape index (κ2) is 6.56. The first-order valence-electron chi connectivity index (χ1n) is 6.24. The molecule has 2 aromatic heterocycles. The van der Waals surface area contributed by atoms with E-state index in [4.69, 9.17) is 9.84 Å². The minimum absolute atomic E-state index is 0.251. The molecule has 0 saturated carbocycles. The summed E-state index contributed by atoms with van der Waals surface area (Å²) < 4.78 is 6.38. The molecule has 2 aromatic rings. The summed E-state index contributed by atoms with van der Waals surface area (Å²) in [4.78, 5) is 26.8. The normalized spacial score (nSPS) is 10.1. The lowest BCUT2D eigenvalue weighted by atomic mass is 10.2. The number of carboxylic acid groups (broad SMARTS) is 1. The summed E-state index contributed by atoms with van der Waals surface area (Å²) in [5.41, 5.74) is 1.14. The molecule has 21 heavy (non-hydrogen) atoms. The molecule has 2 heterocycles. The van der Waals surface area contributed by atoms with Crippen LogP contribution < -0.4 is 10.1 Å². The molecule has 2 rings (SSSR count). The zero-order chi connectivity index (χ0) is 15.2. The second-order valence-corrected chi connectivity index (χ2v) is 4.30. The highest BCUT2D eigenvalue weighted by molar-refractivity contribution is 5.93. The molecule has 0 atom stereocenters. The molecule has 0 aliphatic rings. The number of methoxy groups -OCH3 is 1. The molecule has 0 bridgehead atoms. The summed E-state index contributed by atoms with van der Waals surface area (Å²) >= 11 is 0. The number of ether oxygens (including phenoxy) is 1. The largest absolute Gasteiger partial charge is 0.481 e. The Morgan fingerprint density at radius 1 is 1.43 bits per heavy atom. The van der Waals surface area contributed by atoms with E-state index in [0.29, 0.717) is 18.1 Å². The fraction of sp³-hybridized carbons (Fsp3) is 0.214. The number of aliphatic carboxylic acids is 1. The van der Waals surface area contributed by atoms with Gasteiger partial charge in [-0.25, -0.2) is 4.98 Å². The number of aromatic nitrogens is 2. The van der Waals surface area contributed by atoms with E-state index in [1.807, 2.05) is 0 Å². The Bertz CT molecular complexity index is 651. The van der Waals surface area contributed by atoms with Crippen LogP contribution in [0.3, 0.4) is 0 Å². The zero-order valence-electron chi connectivity index (χ0n) is 11.4. The van der Waals surface area contributed by atoms with E-state index in [-0.39, 0.29) is 12.5 Å². The number of hydrogen-bond donors (Lipinski definition) is 2. The Labute approximate surface area is 121 Å². The highest BCUT2D eigenvalue weighted by Gasteiger charge is 2.12. The molecular weight excluding hydrogens is 274 g/mol. The standard InChI is InChI=1S/C14H15N3O4/c1-21-12-7-10(4-5-15-12)8-16-14(20)11-3-2-6-17(11)9-13(18)19/h2-7H,8-9H2,1H3,(H,16,20)(H,18,19). The Balaban J connectivity index is 2.01. The predicted molar refractivity (Wildman–Crippen MR) is 74.0 cm³/mol. The van der Waals surface area contributed by atoms with Crippen molar-refractivity contribution in [3.8, 4) is 5.88 Å². The first-order valence-corrected chi connectivity index (χ1v) is 6.24. The number of amides is 1. The topological polar surface area (TPSA) is 93.5 Å². The van der Waals surface area contributed by atoms with Crippen LogP contribution in [-0.2, 0) is 17.9 Å². The smallest absolute Gasteiger partial charge is 0.323 e. The van der Waals surface area contributed by atoms with Crippen molar-refractivity contribution in [2.45, 2.75) is 13.1 Å². The second-order valence-electron chi connectivity index (χ2n) is 4.30. The van der Waals surface area contributed by atoms with Crippen LogP contribution in [-0.4, -0.2) is 33.6 Å². The summed E-state index contributed by atoms with van der Waals surface area (Å²) in [6, 6.07) is 6.69. The van der Waals surface area contributed by atoms with Crippen LogP contribution in [0.5, 0.6) is 5.88 Å². The summed E-state index contributed by atoms with van der Waals surface area (Å²) in [5.74, 6) is -0.868. The van der Waals surface area contributed by atoms with Gasteiger partial charge in [-0.05, 0) is 23.8 Å². The lowest BCUT2D eigenvalue weighted by Gasteiger charge is -2.08. The maximum atomic E-state index is 12.1. The summed E-state index contributed by atoms with van der Waals surface area (Å²) in [5, 5.41) is 11.5. The molecule has 0 radical (unpaired) electrons. The third kappa shape index (κ3) is 3.82. The number of carbonyl (C=O) groups excluding carboxylic acids is 1. The van der Waals surface area contributed by atoms with Crippen LogP contribution in [0.25, 0.3) is 0 Å². The van der Waals surface area contributed by atoms with Gasteiger partial charge in [-0.15, -0.1) is 0 Å². The fourth-order valence-corrected chi connectivity index (χ4v) is 1.85. The minimum Gasteiger partial charge on any atom is -0.481 e. The molecule has 1 amide bonds. The van der Waals surface area contributed by atoms with E-state index in [1.54, 1.807) is 36.7 Å². The molecule has 2 N–H and O–H groups in total. The summed E-state index contributed by atoms with van der Waals surface area (Å²) in [6.07, 6.45) is 3.14. The molecular formula is C14H15N3O4. The average molecular weight is 289 g/mol. The zero-order valence-corrected chi connectivity index (χ0v) is 11.4. The monoisotopic (exact) mass is 289 g/mol. The van der Waals surface area contributed by atoms with Crippen molar-refractivity contribution in [2.75, 3.05) is 7.11 Å². The van der Waals surface area contributed by atoms with Gasteiger partial charge < -0.3 is 19.7 Å². The molecule has 0 saturated heterocycles. The van der Waals surface area contributed by atoms with Crippen LogP contribution in [0.15, 0.2) is 36.7 Å². The molecule has 0 spiro atoms. The summed E-state index contributed by atoms with van der Waals surface area (Å²) in [6.45, 7) is 0.0504. The van der Waals surface area contributed by atoms with E-state index in [0.717, 1.165) is 5.56 Å². The van der Waals surface area contributed by atoms with Crippen LogP contribution in [0.4, 0.5) is 0 Å². The molecule has 0 aliphatic heterocycles. The number of rotatable bonds is 6. The Morgan fingerprint density at radius 2 is 2.24 bits per heavy atom. The van der Waals surface area contributed by atoms with Gasteiger partial charge in [0.25, 0.3) is 5.91 Å². The molecule has 7 heteroatoms. The van der Waals surface area contributed by atoms with E-state index in [1.165, 1.54) is 11.7 Å². The fourth-order valence-electron chi connectivity index (χ4n) is 1.85. The van der Waals surface area contributed by atoms with E-state index >= 15 is 0 Å². The van der Waals surface area contributed by atoms with Crippen LogP contribution in [0.1, 0.15) is 16.1 Å². The maximum Gasteiger partial charge on any atom is 0.323 e. The van der Waals surface area contributed by atoms with Crippen molar-refractivity contribution >= 4 is 11.9 Å². The van der Waals surface area contributed by atoms with Gasteiger partial charge >= 0.3 is 5.97 Å². The quantitative estimate of drug-likeness (QED) is 0.824. The first-order chi connectivity index (χ1) is 10.1. The van der Waals surface area contributed by atoms with Gasteiger partial charge in [0.1, 0.15) is 12.2 Å². The lowest BCUT2D eigenvalue weighted by Crippen LogP contribution is -2.26. The Kier molecular flexibility index (Phi) is 4.55. The Hall–Kier alpha value is -2.83. The van der Waals surface area contributed by atoms with Crippen molar-refractivity contribution in [1.82, 2.24) is 14.9 Å². The molecule has 0 aliphatic carbocycles. The molecule has 110 valence electrons. The SMILES string of the molecule is COc1cc(CNC(=O)c2cccn2CC(=O)O)ccn1. The third-order valence-corrected chi connectivity index (χ3v) is 2.83. The minimum atomic E-state index is -1.00. The van der Waals surface area contributed by atoms with Crippen molar-refractivity contribution in [3.05, 3.63) is 47.9 Å². The first kappa shape index (κ1) is 14.6. The molecule has 7 nitrogen and oxygen atoms in total. The highest BCUT2D eigenvalue weighted by atomic mass is 16.5. The Morgan fingerprint density at radius 3 is 2.95 bits per heavy atom. The van der Waals surface area contributed by atoms with Crippen LogP contribution in [0, 0.1) is 0 Å². The number of carboxylic acids is 1. The van der Waals surface area contributed by atoms with Crippen molar-refractivity contribution in [1.29, 1.82) is 0 Å². The van der Waals surface area contributed by atoms with E-state index < -0.39 is 5.97 Å². The maximum absolute atomic E-state index is 12.1. The van der Waals surface area contributed by atoms with Gasteiger partial charge in [-0.2, -0.15) is 0 Å². The number of hydrogen-bond acceptors (Lipinski definition) is 4. The van der Waals surface area contributed by atoms with Gasteiger partial charge in [-0.1, -0.05) is 0 Å².